The second-order valence-electron chi connectivity index (χ2n) is 7.09. The van der Waals surface area contributed by atoms with E-state index >= 15 is 0 Å². The number of pyridine rings is 1. The van der Waals surface area contributed by atoms with Gasteiger partial charge < -0.3 is 14.7 Å². The molecule has 1 aromatic carbocycles. The van der Waals surface area contributed by atoms with E-state index in [4.69, 9.17) is 4.74 Å². The molecule has 4 rings (SSSR count). The fraction of sp³-hybridized carbons (Fsp3) is 0.318. The van der Waals surface area contributed by atoms with Crippen LogP contribution in [0.3, 0.4) is 0 Å². The maximum atomic E-state index is 12.9. The van der Waals surface area contributed by atoms with Gasteiger partial charge in [-0.05, 0) is 17.7 Å². The van der Waals surface area contributed by atoms with Crippen molar-refractivity contribution in [2.24, 2.45) is 0 Å². The molecule has 2 aromatic rings. The largest absolute Gasteiger partial charge is 0.507 e. The first-order valence-electron chi connectivity index (χ1n) is 9.70. The lowest BCUT2D eigenvalue weighted by atomic mass is 9.96. The first kappa shape index (κ1) is 19.3. The molecule has 1 atom stereocenters. The molecule has 2 aliphatic rings. The minimum Gasteiger partial charge on any atom is -0.507 e. The van der Waals surface area contributed by atoms with Crippen molar-refractivity contribution in [1.82, 2.24) is 14.8 Å². The van der Waals surface area contributed by atoms with Gasteiger partial charge in [-0.3, -0.25) is 19.5 Å². The normalized spacial score (nSPS) is 22.2. The lowest BCUT2D eigenvalue weighted by Gasteiger charge is -2.30. The Morgan fingerprint density at radius 1 is 1.03 bits per heavy atom. The standard InChI is InChI=1S/C22H23N3O4/c26-20(17-4-2-1-3-5-17)18-19(16-6-8-23-9-7-16)25(22(28)21(18)27)11-10-24-12-14-29-15-13-24/h1-9,19,26H,10-15H2/b20-18+/t19-/m1/s1. The molecule has 2 saturated heterocycles. The predicted octanol–water partition coefficient (Wildman–Crippen LogP) is 1.84. The fourth-order valence-electron chi connectivity index (χ4n) is 3.83. The molecule has 0 radical (unpaired) electrons. The summed E-state index contributed by atoms with van der Waals surface area (Å²) in [6.45, 7) is 3.97. The molecular formula is C22H23N3O4. The van der Waals surface area contributed by atoms with Gasteiger partial charge in [-0.2, -0.15) is 0 Å². The van der Waals surface area contributed by atoms with Gasteiger partial charge >= 0.3 is 0 Å². The van der Waals surface area contributed by atoms with Gasteiger partial charge in [0.15, 0.2) is 0 Å². The van der Waals surface area contributed by atoms with Crippen molar-refractivity contribution in [2.75, 3.05) is 39.4 Å². The fourth-order valence-corrected chi connectivity index (χ4v) is 3.83. The van der Waals surface area contributed by atoms with Gasteiger partial charge in [0.25, 0.3) is 11.7 Å². The number of aliphatic hydroxyl groups is 1. The Bertz CT molecular complexity index is 908. The number of hydrogen-bond donors (Lipinski definition) is 1. The van der Waals surface area contributed by atoms with Crippen LogP contribution in [0.15, 0.2) is 60.4 Å². The maximum Gasteiger partial charge on any atom is 0.295 e. The van der Waals surface area contributed by atoms with Gasteiger partial charge in [0, 0.05) is 44.1 Å². The second kappa shape index (κ2) is 8.55. The van der Waals surface area contributed by atoms with Gasteiger partial charge in [0.05, 0.1) is 24.8 Å². The molecule has 0 spiro atoms. The molecule has 0 aliphatic carbocycles. The number of aliphatic hydroxyl groups excluding tert-OH is 1. The lowest BCUT2D eigenvalue weighted by Crippen LogP contribution is -2.42. The predicted molar refractivity (Wildman–Crippen MR) is 107 cm³/mol. The highest BCUT2D eigenvalue weighted by Gasteiger charge is 2.45. The van der Waals surface area contributed by atoms with Crippen LogP contribution in [0.1, 0.15) is 17.2 Å². The molecule has 3 heterocycles. The molecule has 0 bridgehead atoms. The number of Topliss-reactive ketones (excluding diaryl/α,β-unsaturated/α-hetero) is 1. The Kier molecular flexibility index (Phi) is 5.69. The Balaban J connectivity index is 1.70. The van der Waals surface area contributed by atoms with Crippen LogP contribution in [0.5, 0.6) is 0 Å². The molecule has 1 N–H and O–H groups in total. The van der Waals surface area contributed by atoms with Crippen LogP contribution in [0.25, 0.3) is 5.76 Å². The number of aromatic nitrogens is 1. The number of benzene rings is 1. The number of ketones is 1. The molecule has 1 aromatic heterocycles. The summed E-state index contributed by atoms with van der Waals surface area (Å²) in [5.74, 6) is -1.40. The molecule has 2 aliphatic heterocycles. The van der Waals surface area contributed by atoms with Crippen molar-refractivity contribution in [3.8, 4) is 0 Å². The number of likely N-dealkylation sites (tertiary alicyclic amines) is 1. The van der Waals surface area contributed by atoms with Crippen LogP contribution in [-0.2, 0) is 14.3 Å². The lowest BCUT2D eigenvalue weighted by molar-refractivity contribution is -0.140. The number of rotatable bonds is 5. The van der Waals surface area contributed by atoms with Crippen LogP contribution < -0.4 is 0 Å². The number of carbonyl (C=O) groups is 2. The topological polar surface area (TPSA) is 83.0 Å². The van der Waals surface area contributed by atoms with Crippen LogP contribution in [0.2, 0.25) is 0 Å². The Labute approximate surface area is 169 Å². The molecule has 2 fully saturated rings. The number of carbonyl (C=O) groups excluding carboxylic acids is 2. The number of amides is 1. The van der Waals surface area contributed by atoms with E-state index in [1.54, 1.807) is 53.7 Å². The summed E-state index contributed by atoms with van der Waals surface area (Å²) in [5, 5.41) is 10.9. The second-order valence-corrected chi connectivity index (χ2v) is 7.09. The van der Waals surface area contributed by atoms with Crippen molar-refractivity contribution >= 4 is 17.4 Å². The summed E-state index contributed by atoms with van der Waals surface area (Å²) in [7, 11) is 0. The van der Waals surface area contributed by atoms with Crippen molar-refractivity contribution < 1.29 is 19.4 Å². The van der Waals surface area contributed by atoms with Crippen molar-refractivity contribution in [3.05, 3.63) is 71.6 Å². The van der Waals surface area contributed by atoms with E-state index in [2.05, 4.69) is 9.88 Å². The minimum absolute atomic E-state index is 0.120. The number of hydrogen-bond acceptors (Lipinski definition) is 6. The van der Waals surface area contributed by atoms with Crippen molar-refractivity contribution in [1.29, 1.82) is 0 Å². The zero-order valence-corrected chi connectivity index (χ0v) is 16.0. The van der Waals surface area contributed by atoms with Crippen molar-refractivity contribution in [2.45, 2.75) is 6.04 Å². The SMILES string of the molecule is O=C1C(=O)N(CCN2CCOCC2)[C@H](c2ccncc2)/C1=C(\O)c1ccccc1. The maximum absolute atomic E-state index is 12.9. The van der Waals surface area contributed by atoms with E-state index in [0.29, 0.717) is 31.9 Å². The molecule has 0 unspecified atom stereocenters. The van der Waals surface area contributed by atoms with E-state index in [0.717, 1.165) is 18.7 Å². The third-order valence-corrected chi connectivity index (χ3v) is 5.37. The van der Waals surface area contributed by atoms with Gasteiger partial charge in [0.1, 0.15) is 5.76 Å². The quantitative estimate of drug-likeness (QED) is 0.474. The third-order valence-electron chi connectivity index (χ3n) is 5.37. The summed E-state index contributed by atoms with van der Waals surface area (Å²) in [4.78, 5) is 33.6. The molecule has 7 nitrogen and oxygen atoms in total. The summed E-state index contributed by atoms with van der Waals surface area (Å²) in [6, 6.07) is 11.8. The van der Waals surface area contributed by atoms with Crippen LogP contribution in [0, 0.1) is 0 Å². The average molecular weight is 393 g/mol. The van der Waals surface area contributed by atoms with E-state index in [-0.39, 0.29) is 11.3 Å². The molecule has 0 saturated carbocycles. The van der Waals surface area contributed by atoms with Gasteiger partial charge in [-0.15, -0.1) is 0 Å². The Hall–Kier alpha value is -3.03. The van der Waals surface area contributed by atoms with E-state index in [1.807, 2.05) is 6.07 Å². The highest BCUT2D eigenvalue weighted by atomic mass is 16.5. The number of nitrogens with zero attached hydrogens (tertiary/aromatic N) is 3. The molecule has 1 amide bonds. The molecule has 29 heavy (non-hydrogen) atoms. The van der Waals surface area contributed by atoms with Crippen molar-refractivity contribution in [3.63, 3.8) is 0 Å². The monoisotopic (exact) mass is 393 g/mol. The average Bonchev–Trinajstić information content (AvgIpc) is 3.04. The van der Waals surface area contributed by atoms with E-state index in [9.17, 15) is 14.7 Å². The first-order chi connectivity index (χ1) is 14.2. The van der Waals surface area contributed by atoms with Crippen LogP contribution >= 0.6 is 0 Å². The summed E-state index contributed by atoms with van der Waals surface area (Å²) in [6.07, 6.45) is 3.25. The molecular weight excluding hydrogens is 370 g/mol. The smallest absolute Gasteiger partial charge is 0.295 e. The van der Waals surface area contributed by atoms with Gasteiger partial charge in [-0.25, -0.2) is 0 Å². The van der Waals surface area contributed by atoms with E-state index < -0.39 is 17.7 Å². The highest BCUT2D eigenvalue weighted by Crippen LogP contribution is 2.38. The van der Waals surface area contributed by atoms with Crippen LogP contribution in [-0.4, -0.2) is 71.0 Å². The number of morpholine rings is 1. The van der Waals surface area contributed by atoms with Crippen LogP contribution in [0.4, 0.5) is 0 Å². The zero-order chi connectivity index (χ0) is 20.2. The molecule has 7 heteroatoms. The Morgan fingerprint density at radius 2 is 1.72 bits per heavy atom. The Morgan fingerprint density at radius 3 is 2.41 bits per heavy atom. The van der Waals surface area contributed by atoms with E-state index in [1.165, 1.54) is 0 Å². The third kappa shape index (κ3) is 3.92. The summed E-state index contributed by atoms with van der Waals surface area (Å²) < 4.78 is 5.37. The number of ether oxygens (including phenoxy) is 1. The summed E-state index contributed by atoms with van der Waals surface area (Å²) in [5.41, 5.74) is 1.38. The summed E-state index contributed by atoms with van der Waals surface area (Å²) >= 11 is 0. The highest BCUT2D eigenvalue weighted by molar-refractivity contribution is 6.46. The zero-order valence-electron chi connectivity index (χ0n) is 16.0. The van der Waals surface area contributed by atoms with Gasteiger partial charge in [-0.1, -0.05) is 30.3 Å². The minimum atomic E-state index is -0.657. The first-order valence-corrected chi connectivity index (χ1v) is 9.70. The van der Waals surface area contributed by atoms with Gasteiger partial charge in [0.2, 0.25) is 0 Å². The molecule has 150 valence electrons.